The Morgan fingerprint density at radius 1 is 1.10 bits per heavy atom. The van der Waals surface area contributed by atoms with Crippen LogP contribution in [0.3, 0.4) is 0 Å². The fourth-order valence-electron chi connectivity index (χ4n) is 2.22. The predicted octanol–water partition coefficient (Wildman–Crippen LogP) is 3.92. The zero-order chi connectivity index (χ0) is 15.2. The van der Waals surface area contributed by atoms with Gasteiger partial charge < -0.3 is 5.73 Å². The Morgan fingerprint density at radius 2 is 1.71 bits per heavy atom. The fraction of sp³-hybridized carbons (Fsp3) is 0.222. The van der Waals surface area contributed by atoms with Gasteiger partial charge in [-0.3, -0.25) is 4.99 Å². The highest BCUT2D eigenvalue weighted by atomic mass is 32.1. The van der Waals surface area contributed by atoms with Crippen LogP contribution in [0.5, 0.6) is 0 Å². The molecule has 2 aromatic carbocycles. The molecule has 2 rings (SSSR count). The van der Waals surface area contributed by atoms with Crippen molar-refractivity contribution in [2.45, 2.75) is 20.3 Å². The van der Waals surface area contributed by atoms with Crippen LogP contribution in [-0.4, -0.2) is 17.6 Å². The Labute approximate surface area is 131 Å². The quantitative estimate of drug-likeness (QED) is 0.516. The maximum Gasteiger partial charge on any atom is 0.0706 e. The Balaban J connectivity index is 1.95. The number of anilines is 1. The second-order valence-corrected chi connectivity index (χ2v) is 5.80. The minimum atomic E-state index is 0.577. The molecule has 21 heavy (non-hydrogen) atoms. The number of hydrogen-bond donors (Lipinski definition) is 1. The second kappa shape index (κ2) is 7.14. The molecular formula is C18H20N2S. The Morgan fingerprint density at radius 3 is 2.33 bits per heavy atom. The molecule has 0 saturated heterocycles. The summed E-state index contributed by atoms with van der Waals surface area (Å²) in [5.41, 5.74) is 11.4. The van der Waals surface area contributed by atoms with Gasteiger partial charge in [0, 0.05) is 23.2 Å². The van der Waals surface area contributed by atoms with Gasteiger partial charge in [-0.1, -0.05) is 42.5 Å². The van der Waals surface area contributed by atoms with Crippen LogP contribution >= 0.6 is 12.2 Å². The number of aryl methyl sites for hydroxylation is 2. The topological polar surface area (TPSA) is 38.4 Å². The highest BCUT2D eigenvalue weighted by Crippen LogP contribution is 2.14. The Bertz CT molecular complexity index is 637. The highest BCUT2D eigenvalue weighted by molar-refractivity contribution is 7.80. The number of hydrogen-bond acceptors (Lipinski definition) is 3. The number of rotatable bonds is 5. The smallest absolute Gasteiger partial charge is 0.0706 e. The standard InChI is InChI=1S/C18H20N2S/c1-13-4-3-5-14(2)18(13)10-17(21)12-20-11-15-6-8-16(19)9-7-15/h3-9,11H,10,12,19H2,1-2H3. The molecular weight excluding hydrogens is 276 g/mol. The van der Waals surface area contributed by atoms with Crippen molar-refractivity contribution in [2.75, 3.05) is 12.3 Å². The molecule has 0 bridgehead atoms. The summed E-state index contributed by atoms with van der Waals surface area (Å²) in [5, 5.41) is 0. The van der Waals surface area contributed by atoms with Crippen LogP contribution in [0.25, 0.3) is 0 Å². The minimum absolute atomic E-state index is 0.577. The Kier molecular flexibility index (Phi) is 5.23. The normalized spacial score (nSPS) is 11.0. The van der Waals surface area contributed by atoms with E-state index < -0.39 is 0 Å². The first-order chi connectivity index (χ1) is 10.1. The molecule has 2 nitrogen and oxygen atoms in total. The van der Waals surface area contributed by atoms with E-state index >= 15 is 0 Å². The summed E-state index contributed by atoms with van der Waals surface area (Å²) in [5.74, 6) is 0. The minimum Gasteiger partial charge on any atom is -0.399 e. The lowest BCUT2D eigenvalue weighted by atomic mass is 9.99. The third-order valence-electron chi connectivity index (χ3n) is 3.46. The monoisotopic (exact) mass is 296 g/mol. The van der Waals surface area contributed by atoms with Gasteiger partial charge in [-0.2, -0.15) is 0 Å². The molecule has 0 unspecified atom stereocenters. The molecule has 0 aromatic heterocycles. The highest BCUT2D eigenvalue weighted by Gasteiger charge is 2.04. The van der Waals surface area contributed by atoms with Crippen molar-refractivity contribution in [2.24, 2.45) is 4.99 Å². The first kappa shape index (κ1) is 15.4. The molecule has 2 aromatic rings. The first-order valence-electron chi connectivity index (χ1n) is 6.98. The van der Waals surface area contributed by atoms with Gasteiger partial charge in [0.25, 0.3) is 0 Å². The van der Waals surface area contributed by atoms with Crippen molar-refractivity contribution in [3.63, 3.8) is 0 Å². The number of benzene rings is 2. The molecule has 0 radical (unpaired) electrons. The largest absolute Gasteiger partial charge is 0.399 e. The van der Waals surface area contributed by atoms with Crippen LogP contribution in [0, 0.1) is 13.8 Å². The van der Waals surface area contributed by atoms with Gasteiger partial charge in [-0.25, -0.2) is 0 Å². The van der Waals surface area contributed by atoms with Gasteiger partial charge in [0.1, 0.15) is 0 Å². The van der Waals surface area contributed by atoms with Crippen molar-refractivity contribution in [3.05, 3.63) is 64.7 Å². The SMILES string of the molecule is Cc1cccc(C)c1CC(=S)CN=Cc1ccc(N)cc1. The molecule has 0 aliphatic rings. The molecule has 0 fully saturated rings. The van der Waals surface area contributed by atoms with E-state index in [1.54, 1.807) is 0 Å². The van der Waals surface area contributed by atoms with Gasteiger partial charge in [0.2, 0.25) is 0 Å². The summed E-state index contributed by atoms with van der Waals surface area (Å²) < 4.78 is 0. The van der Waals surface area contributed by atoms with E-state index in [9.17, 15) is 0 Å². The van der Waals surface area contributed by atoms with Crippen molar-refractivity contribution < 1.29 is 0 Å². The molecule has 0 atom stereocenters. The van der Waals surface area contributed by atoms with E-state index in [4.69, 9.17) is 18.0 Å². The zero-order valence-corrected chi connectivity index (χ0v) is 13.3. The number of aliphatic imine (C=N–C) groups is 1. The molecule has 0 spiro atoms. The van der Waals surface area contributed by atoms with Crippen LogP contribution in [0.4, 0.5) is 5.69 Å². The summed E-state index contributed by atoms with van der Waals surface area (Å²) in [6.45, 7) is 4.83. The molecule has 0 aliphatic carbocycles. The third kappa shape index (κ3) is 4.50. The van der Waals surface area contributed by atoms with E-state index in [-0.39, 0.29) is 0 Å². The van der Waals surface area contributed by atoms with Crippen LogP contribution in [-0.2, 0) is 6.42 Å². The van der Waals surface area contributed by atoms with Gasteiger partial charge >= 0.3 is 0 Å². The lowest BCUT2D eigenvalue weighted by molar-refractivity contribution is 1.18. The maximum atomic E-state index is 5.65. The molecule has 0 heterocycles. The van der Waals surface area contributed by atoms with Crippen molar-refractivity contribution >= 4 is 29.0 Å². The van der Waals surface area contributed by atoms with Crippen molar-refractivity contribution in [1.29, 1.82) is 0 Å². The zero-order valence-electron chi connectivity index (χ0n) is 12.5. The van der Waals surface area contributed by atoms with Crippen LogP contribution in [0.2, 0.25) is 0 Å². The third-order valence-corrected chi connectivity index (χ3v) is 3.74. The van der Waals surface area contributed by atoms with Gasteiger partial charge in [0.15, 0.2) is 0 Å². The lowest BCUT2D eigenvalue weighted by Crippen LogP contribution is -2.07. The summed E-state index contributed by atoms with van der Waals surface area (Å²) in [7, 11) is 0. The van der Waals surface area contributed by atoms with E-state index in [1.807, 2.05) is 30.5 Å². The Hall–Kier alpha value is -2.00. The molecule has 3 heteroatoms. The average molecular weight is 296 g/mol. The summed E-state index contributed by atoms with van der Waals surface area (Å²) in [6, 6.07) is 14.0. The average Bonchev–Trinajstić information content (AvgIpc) is 2.45. The van der Waals surface area contributed by atoms with E-state index in [0.29, 0.717) is 6.54 Å². The fourth-order valence-corrected chi connectivity index (χ4v) is 2.43. The molecule has 0 saturated carbocycles. The van der Waals surface area contributed by atoms with Gasteiger partial charge in [-0.05, 0) is 48.2 Å². The number of thiocarbonyl (C=S) groups is 1. The molecule has 2 N–H and O–H groups in total. The van der Waals surface area contributed by atoms with Gasteiger partial charge in [0.05, 0.1) is 6.54 Å². The predicted molar refractivity (Wildman–Crippen MR) is 95.5 cm³/mol. The van der Waals surface area contributed by atoms with Crippen LogP contribution in [0.1, 0.15) is 22.3 Å². The molecule has 108 valence electrons. The summed E-state index contributed by atoms with van der Waals surface area (Å²) in [4.78, 5) is 5.38. The van der Waals surface area contributed by atoms with E-state index in [0.717, 1.165) is 22.5 Å². The maximum absolute atomic E-state index is 5.65. The van der Waals surface area contributed by atoms with Gasteiger partial charge in [-0.15, -0.1) is 0 Å². The van der Waals surface area contributed by atoms with Crippen LogP contribution < -0.4 is 5.73 Å². The lowest BCUT2D eigenvalue weighted by Gasteiger charge is -2.09. The number of nitrogen functional groups attached to an aromatic ring is 1. The van der Waals surface area contributed by atoms with Crippen molar-refractivity contribution in [1.82, 2.24) is 0 Å². The van der Waals surface area contributed by atoms with E-state index in [1.165, 1.54) is 16.7 Å². The number of nitrogens with zero attached hydrogens (tertiary/aromatic N) is 1. The summed E-state index contributed by atoms with van der Waals surface area (Å²) in [6.07, 6.45) is 2.66. The van der Waals surface area contributed by atoms with Crippen LogP contribution in [0.15, 0.2) is 47.5 Å². The summed E-state index contributed by atoms with van der Waals surface area (Å²) >= 11 is 5.46. The molecule has 0 aliphatic heterocycles. The van der Waals surface area contributed by atoms with Crippen molar-refractivity contribution in [3.8, 4) is 0 Å². The van der Waals surface area contributed by atoms with E-state index in [2.05, 4.69) is 37.0 Å². The second-order valence-electron chi connectivity index (χ2n) is 5.22. The molecule has 0 amide bonds. The number of nitrogens with two attached hydrogens (primary N) is 1. The first-order valence-corrected chi connectivity index (χ1v) is 7.39.